The lowest BCUT2D eigenvalue weighted by Gasteiger charge is -2.18. The predicted octanol–water partition coefficient (Wildman–Crippen LogP) is 2.78. The van der Waals surface area contributed by atoms with E-state index >= 15 is 0 Å². The third kappa shape index (κ3) is 3.20. The summed E-state index contributed by atoms with van der Waals surface area (Å²) in [5.41, 5.74) is 2.84. The molecule has 136 valence electrons. The van der Waals surface area contributed by atoms with Gasteiger partial charge in [0.15, 0.2) is 5.65 Å². The first kappa shape index (κ1) is 17.7. The summed E-state index contributed by atoms with van der Waals surface area (Å²) in [6, 6.07) is 7.01. The van der Waals surface area contributed by atoms with Crippen molar-refractivity contribution in [3.05, 3.63) is 47.3 Å². The molecule has 1 amide bonds. The molecular weight excluding hydrogens is 332 g/mol. The van der Waals surface area contributed by atoms with Crippen LogP contribution in [0.25, 0.3) is 11.0 Å². The van der Waals surface area contributed by atoms with Crippen molar-refractivity contribution < 1.29 is 14.3 Å². The van der Waals surface area contributed by atoms with Crippen LogP contribution in [-0.2, 0) is 7.05 Å². The number of hydrogen-bond acceptors (Lipinski definition) is 5. The van der Waals surface area contributed by atoms with Gasteiger partial charge in [-0.1, -0.05) is 0 Å². The normalized spacial score (nSPS) is 12.0. The predicted molar refractivity (Wildman–Crippen MR) is 98.7 cm³/mol. The molecule has 0 bridgehead atoms. The molecule has 0 aliphatic carbocycles. The van der Waals surface area contributed by atoms with Crippen LogP contribution in [-0.4, -0.2) is 34.9 Å². The lowest BCUT2D eigenvalue weighted by molar-refractivity contribution is 0.0941. The summed E-state index contributed by atoms with van der Waals surface area (Å²) in [6.45, 7) is 3.77. The Morgan fingerprint density at radius 3 is 2.69 bits per heavy atom. The molecular formula is C19H22N4O3. The van der Waals surface area contributed by atoms with Crippen LogP contribution in [0.2, 0.25) is 0 Å². The Bertz CT molecular complexity index is 965. The van der Waals surface area contributed by atoms with Gasteiger partial charge in [0.25, 0.3) is 5.91 Å². The van der Waals surface area contributed by atoms with Crippen LogP contribution in [0.1, 0.15) is 34.6 Å². The van der Waals surface area contributed by atoms with E-state index in [-0.39, 0.29) is 11.9 Å². The number of aryl methyl sites for hydroxylation is 2. The van der Waals surface area contributed by atoms with Gasteiger partial charge in [0, 0.05) is 18.3 Å². The van der Waals surface area contributed by atoms with Gasteiger partial charge < -0.3 is 14.8 Å². The number of carbonyl (C=O) groups is 1. The molecule has 2 heterocycles. The molecule has 26 heavy (non-hydrogen) atoms. The zero-order chi connectivity index (χ0) is 18.8. The fourth-order valence-electron chi connectivity index (χ4n) is 2.96. The van der Waals surface area contributed by atoms with E-state index in [1.165, 1.54) is 0 Å². The number of rotatable bonds is 5. The van der Waals surface area contributed by atoms with Crippen LogP contribution in [0.15, 0.2) is 30.5 Å². The fraction of sp³-hybridized carbons (Fsp3) is 0.316. The maximum Gasteiger partial charge on any atom is 0.252 e. The van der Waals surface area contributed by atoms with Gasteiger partial charge in [-0.15, -0.1) is 0 Å². The molecule has 0 saturated heterocycles. The smallest absolute Gasteiger partial charge is 0.252 e. The van der Waals surface area contributed by atoms with Crippen molar-refractivity contribution in [2.75, 3.05) is 14.2 Å². The van der Waals surface area contributed by atoms with Crippen LogP contribution in [0, 0.1) is 6.92 Å². The first-order chi connectivity index (χ1) is 12.4. The summed E-state index contributed by atoms with van der Waals surface area (Å²) in [6.07, 6.45) is 1.66. The molecule has 0 radical (unpaired) electrons. The van der Waals surface area contributed by atoms with Crippen molar-refractivity contribution in [3.8, 4) is 11.5 Å². The maximum atomic E-state index is 12.9. The summed E-state index contributed by atoms with van der Waals surface area (Å²) in [5.74, 6) is 1.21. The monoisotopic (exact) mass is 354 g/mol. The van der Waals surface area contributed by atoms with Gasteiger partial charge in [0.05, 0.1) is 37.4 Å². The first-order valence-electron chi connectivity index (χ1n) is 8.26. The third-order valence-electron chi connectivity index (χ3n) is 4.33. The molecule has 1 atom stereocenters. The first-order valence-corrected chi connectivity index (χ1v) is 8.26. The number of ether oxygens (including phenoxy) is 2. The highest BCUT2D eigenvalue weighted by Crippen LogP contribution is 2.29. The van der Waals surface area contributed by atoms with Crippen molar-refractivity contribution in [1.29, 1.82) is 0 Å². The summed E-state index contributed by atoms with van der Waals surface area (Å²) < 4.78 is 12.4. The summed E-state index contributed by atoms with van der Waals surface area (Å²) in [5, 5.41) is 7.96. The second kappa shape index (κ2) is 7.03. The van der Waals surface area contributed by atoms with Crippen LogP contribution < -0.4 is 14.8 Å². The summed E-state index contributed by atoms with van der Waals surface area (Å²) in [4.78, 5) is 17.4. The van der Waals surface area contributed by atoms with Crippen molar-refractivity contribution in [2.45, 2.75) is 19.9 Å². The molecule has 0 saturated carbocycles. The molecule has 7 nitrogen and oxygen atoms in total. The van der Waals surface area contributed by atoms with E-state index in [0.717, 1.165) is 16.6 Å². The molecule has 1 aromatic carbocycles. The van der Waals surface area contributed by atoms with Crippen molar-refractivity contribution in [2.24, 2.45) is 7.05 Å². The molecule has 3 rings (SSSR count). The Labute approximate surface area is 151 Å². The van der Waals surface area contributed by atoms with Gasteiger partial charge in [-0.3, -0.25) is 9.48 Å². The van der Waals surface area contributed by atoms with Gasteiger partial charge in [-0.2, -0.15) is 5.10 Å². The summed E-state index contributed by atoms with van der Waals surface area (Å²) in [7, 11) is 5.01. The molecule has 0 spiro atoms. The van der Waals surface area contributed by atoms with Gasteiger partial charge >= 0.3 is 0 Å². The highest BCUT2D eigenvalue weighted by molar-refractivity contribution is 6.05. The summed E-state index contributed by atoms with van der Waals surface area (Å²) >= 11 is 0. The van der Waals surface area contributed by atoms with E-state index in [1.54, 1.807) is 38.2 Å². The zero-order valence-corrected chi connectivity index (χ0v) is 15.5. The number of benzene rings is 1. The van der Waals surface area contributed by atoms with Crippen molar-refractivity contribution in [3.63, 3.8) is 0 Å². The zero-order valence-electron chi connectivity index (χ0n) is 15.5. The number of nitrogens with one attached hydrogen (secondary N) is 1. The highest BCUT2D eigenvalue weighted by Gasteiger charge is 2.19. The minimum absolute atomic E-state index is 0.189. The topological polar surface area (TPSA) is 78.3 Å². The number of nitrogens with zero attached hydrogens (tertiary/aromatic N) is 3. The minimum atomic E-state index is -0.271. The lowest BCUT2D eigenvalue weighted by Crippen LogP contribution is -2.27. The molecule has 0 aliphatic rings. The van der Waals surface area contributed by atoms with E-state index in [1.807, 2.05) is 32.0 Å². The highest BCUT2D eigenvalue weighted by atomic mass is 16.5. The second-order valence-corrected chi connectivity index (χ2v) is 6.12. The van der Waals surface area contributed by atoms with Crippen LogP contribution >= 0.6 is 0 Å². The molecule has 1 unspecified atom stereocenters. The number of hydrogen-bond donors (Lipinski definition) is 1. The standard InChI is InChI=1S/C19H22N4O3/c1-11-8-15(16-10-20-23(3)18(16)21-11)19(24)22-12(2)14-9-13(25-4)6-7-17(14)26-5/h6-10,12H,1-5H3,(H,22,24). The third-order valence-corrected chi connectivity index (χ3v) is 4.33. The molecule has 2 aromatic heterocycles. The quantitative estimate of drug-likeness (QED) is 0.762. The Morgan fingerprint density at radius 1 is 1.23 bits per heavy atom. The molecule has 0 aliphatic heterocycles. The van der Waals surface area contributed by atoms with E-state index in [4.69, 9.17) is 9.47 Å². The van der Waals surface area contributed by atoms with Crippen molar-refractivity contribution in [1.82, 2.24) is 20.1 Å². The number of carbonyl (C=O) groups excluding carboxylic acids is 1. The number of pyridine rings is 1. The Kier molecular flexibility index (Phi) is 4.79. The van der Waals surface area contributed by atoms with Crippen molar-refractivity contribution >= 4 is 16.9 Å². The number of methoxy groups -OCH3 is 2. The molecule has 0 fully saturated rings. The minimum Gasteiger partial charge on any atom is -0.497 e. The van der Waals surface area contributed by atoms with Crippen LogP contribution in [0.5, 0.6) is 11.5 Å². The number of amides is 1. The number of fused-ring (bicyclic) bond motifs is 1. The molecule has 3 aromatic rings. The Morgan fingerprint density at radius 2 is 2.00 bits per heavy atom. The average molecular weight is 354 g/mol. The van der Waals surface area contributed by atoms with Gasteiger partial charge in [0.1, 0.15) is 11.5 Å². The second-order valence-electron chi connectivity index (χ2n) is 6.12. The fourth-order valence-corrected chi connectivity index (χ4v) is 2.96. The lowest BCUT2D eigenvalue weighted by atomic mass is 10.1. The SMILES string of the molecule is COc1ccc(OC)c(C(C)NC(=O)c2cc(C)nc3c2cnn3C)c1. The van der Waals surface area contributed by atoms with E-state index in [9.17, 15) is 4.79 Å². The largest absolute Gasteiger partial charge is 0.497 e. The van der Waals surface area contributed by atoms with Gasteiger partial charge in [-0.05, 0) is 38.1 Å². The van der Waals surface area contributed by atoms with Gasteiger partial charge in [0.2, 0.25) is 0 Å². The van der Waals surface area contributed by atoms with E-state index in [2.05, 4.69) is 15.4 Å². The molecule has 7 heteroatoms. The van der Waals surface area contributed by atoms with Gasteiger partial charge in [-0.25, -0.2) is 4.98 Å². The Balaban J connectivity index is 1.93. The number of aromatic nitrogens is 3. The van der Waals surface area contributed by atoms with Crippen LogP contribution in [0.3, 0.4) is 0 Å². The average Bonchev–Trinajstić information content (AvgIpc) is 3.01. The van der Waals surface area contributed by atoms with E-state index in [0.29, 0.717) is 22.7 Å². The van der Waals surface area contributed by atoms with E-state index < -0.39 is 0 Å². The Hall–Kier alpha value is -3.09. The molecule has 1 N–H and O–H groups in total. The van der Waals surface area contributed by atoms with Crippen LogP contribution in [0.4, 0.5) is 0 Å². The maximum absolute atomic E-state index is 12.9.